The summed E-state index contributed by atoms with van der Waals surface area (Å²) in [6.45, 7) is 2.26. The highest BCUT2D eigenvalue weighted by Gasteiger charge is 2.67. The van der Waals surface area contributed by atoms with Gasteiger partial charge in [0.05, 0.1) is 0 Å². The fourth-order valence-electron chi connectivity index (χ4n) is 3.21. The van der Waals surface area contributed by atoms with Gasteiger partial charge in [-0.05, 0) is 17.4 Å². The van der Waals surface area contributed by atoms with Crippen LogP contribution in [0.2, 0.25) is 0 Å². The topological polar surface area (TPSA) is 17.1 Å². The molecule has 1 aromatic rings. The van der Waals surface area contributed by atoms with Gasteiger partial charge in [0.1, 0.15) is 5.78 Å². The lowest BCUT2D eigenvalue weighted by atomic mass is 9.97. The van der Waals surface area contributed by atoms with E-state index in [9.17, 15) is 4.79 Å². The lowest BCUT2D eigenvalue weighted by Crippen LogP contribution is -1.99. The van der Waals surface area contributed by atoms with Crippen molar-refractivity contribution < 1.29 is 4.79 Å². The Labute approximate surface area is 84.1 Å². The SMILES string of the molecule is C[C@]12CCC(=O)[C@H]1[C@@H]2c1ccccc1. The van der Waals surface area contributed by atoms with Crippen molar-refractivity contribution in [2.45, 2.75) is 25.7 Å². The Balaban J connectivity index is 1.95. The zero-order valence-corrected chi connectivity index (χ0v) is 8.36. The Hall–Kier alpha value is -1.11. The second-order valence-electron chi connectivity index (χ2n) is 4.84. The molecule has 0 aromatic heterocycles. The van der Waals surface area contributed by atoms with Crippen LogP contribution in [0, 0.1) is 11.3 Å². The van der Waals surface area contributed by atoms with Crippen LogP contribution >= 0.6 is 0 Å². The highest BCUT2D eigenvalue weighted by Crippen LogP contribution is 2.71. The first kappa shape index (κ1) is 8.22. The monoisotopic (exact) mass is 186 g/mol. The number of rotatable bonds is 1. The zero-order chi connectivity index (χ0) is 9.76. The van der Waals surface area contributed by atoms with E-state index in [2.05, 4.69) is 31.2 Å². The van der Waals surface area contributed by atoms with Crippen LogP contribution in [0.5, 0.6) is 0 Å². The van der Waals surface area contributed by atoms with E-state index >= 15 is 0 Å². The normalized spacial score (nSPS) is 39.6. The molecule has 1 nitrogen and oxygen atoms in total. The summed E-state index contributed by atoms with van der Waals surface area (Å²) in [5.74, 6) is 1.34. The van der Waals surface area contributed by atoms with E-state index in [0.717, 1.165) is 12.8 Å². The molecule has 2 fully saturated rings. The van der Waals surface area contributed by atoms with Crippen LogP contribution in [0.4, 0.5) is 0 Å². The maximum absolute atomic E-state index is 11.6. The van der Waals surface area contributed by atoms with Crippen LogP contribution in [0.3, 0.4) is 0 Å². The molecule has 0 unspecified atom stereocenters. The van der Waals surface area contributed by atoms with Crippen molar-refractivity contribution >= 4 is 5.78 Å². The molecule has 1 aromatic carbocycles. The standard InChI is InChI=1S/C13H14O/c1-13-8-7-10(14)12(13)11(13)9-5-3-2-4-6-9/h2-6,11-12H,7-8H2,1H3/t11-,12-,13+/m0/s1. The van der Waals surface area contributed by atoms with Gasteiger partial charge in [0.2, 0.25) is 0 Å². The first-order valence-corrected chi connectivity index (χ1v) is 5.31. The molecule has 0 amide bonds. The largest absolute Gasteiger partial charge is 0.299 e. The van der Waals surface area contributed by atoms with E-state index in [-0.39, 0.29) is 0 Å². The summed E-state index contributed by atoms with van der Waals surface area (Å²) in [5.41, 5.74) is 1.66. The predicted molar refractivity (Wildman–Crippen MR) is 55.0 cm³/mol. The molecular formula is C13H14O. The molecule has 3 atom stereocenters. The number of benzene rings is 1. The maximum Gasteiger partial charge on any atom is 0.137 e. The average molecular weight is 186 g/mol. The predicted octanol–water partition coefficient (Wildman–Crippen LogP) is 2.77. The number of fused-ring (bicyclic) bond motifs is 1. The highest BCUT2D eigenvalue weighted by molar-refractivity contribution is 5.89. The fourth-order valence-corrected chi connectivity index (χ4v) is 3.21. The Kier molecular flexibility index (Phi) is 1.45. The van der Waals surface area contributed by atoms with Gasteiger partial charge in [0, 0.05) is 18.3 Å². The minimum absolute atomic E-state index is 0.304. The van der Waals surface area contributed by atoms with Crippen LogP contribution in [0.1, 0.15) is 31.2 Å². The molecule has 0 radical (unpaired) electrons. The van der Waals surface area contributed by atoms with Crippen molar-refractivity contribution in [1.29, 1.82) is 0 Å². The smallest absolute Gasteiger partial charge is 0.137 e. The number of Topliss-reactive ketones (excluding diaryl/α,β-unsaturated/α-hetero) is 1. The molecule has 0 heterocycles. The van der Waals surface area contributed by atoms with Gasteiger partial charge in [-0.2, -0.15) is 0 Å². The fraction of sp³-hybridized carbons (Fsp3) is 0.462. The summed E-state index contributed by atoms with van der Waals surface area (Å²) in [6.07, 6.45) is 1.90. The lowest BCUT2D eigenvalue weighted by Gasteiger charge is -2.07. The van der Waals surface area contributed by atoms with Crippen molar-refractivity contribution in [2.24, 2.45) is 11.3 Å². The molecule has 0 saturated heterocycles. The average Bonchev–Trinajstić information content (AvgIpc) is 2.73. The number of hydrogen-bond acceptors (Lipinski definition) is 1. The second kappa shape index (κ2) is 2.47. The van der Waals surface area contributed by atoms with E-state index in [0.29, 0.717) is 23.0 Å². The molecule has 2 aliphatic carbocycles. The van der Waals surface area contributed by atoms with Crippen LogP contribution < -0.4 is 0 Å². The molecule has 0 aliphatic heterocycles. The molecule has 72 valence electrons. The maximum atomic E-state index is 11.6. The summed E-state index contributed by atoms with van der Waals surface area (Å²) in [5, 5.41) is 0. The third-order valence-corrected chi connectivity index (χ3v) is 4.06. The van der Waals surface area contributed by atoms with Crippen molar-refractivity contribution in [3.63, 3.8) is 0 Å². The zero-order valence-electron chi connectivity index (χ0n) is 8.36. The molecule has 3 rings (SSSR count). The van der Waals surface area contributed by atoms with Crippen molar-refractivity contribution in [1.82, 2.24) is 0 Å². The molecule has 2 saturated carbocycles. The first-order chi connectivity index (χ1) is 6.73. The third-order valence-electron chi connectivity index (χ3n) is 4.06. The Morgan fingerprint density at radius 1 is 1.21 bits per heavy atom. The lowest BCUT2D eigenvalue weighted by molar-refractivity contribution is -0.119. The van der Waals surface area contributed by atoms with Crippen molar-refractivity contribution in [3.8, 4) is 0 Å². The summed E-state index contributed by atoms with van der Waals surface area (Å²) < 4.78 is 0. The van der Waals surface area contributed by atoms with Crippen LogP contribution in [0.15, 0.2) is 30.3 Å². The van der Waals surface area contributed by atoms with E-state index < -0.39 is 0 Å². The van der Waals surface area contributed by atoms with Gasteiger partial charge in [0.25, 0.3) is 0 Å². The van der Waals surface area contributed by atoms with Gasteiger partial charge in [-0.15, -0.1) is 0 Å². The molecule has 0 N–H and O–H groups in total. The molecule has 0 spiro atoms. The van der Waals surface area contributed by atoms with Crippen LogP contribution in [0.25, 0.3) is 0 Å². The van der Waals surface area contributed by atoms with Gasteiger partial charge in [-0.3, -0.25) is 4.79 Å². The highest BCUT2D eigenvalue weighted by atomic mass is 16.1. The molecule has 0 bridgehead atoms. The minimum Gasteiger partial charge on any atom is -0.299 e. The Morgan fingerprint density at radius 2 is 1.93 bits per heavy atom. The summed E-state index contributed by atoms with van der Waals surface area (Å²) in [7, 11) is 0. The Morgan fingerprint density at radius 3 is 2.50 bits per heavy atom. The van der Waals surface area contributed by atoms with Crippen molar-refractivity contribution in [2.75, 3.05) is 0 Å². The number of hydrogen-bond donors (Lipinski definition) is 0. The second-order valence-corrected chi connectivity index (χ2v) is 4.84. The van der Waals surface area contributed by atoms with Gasteiger partial charge < -0.3 is 0 Å². The van der Waals surface area contributed by atoms with Gasteiger partial charge in [-0.1, -0.05) is 37.3 Å². The molecule has 1 heteroatoms. The van der Waals surface area contributed by atoms with Crippen molar-refractivity contribution in [3.05, 3.63) is 35.9 Å². The van der Waals surface area contributed by atoms with Gasteiger partial charge >= 0.3 is 0 Å². The summed E-state index contributed by atoms with van der Waals surface area (Å²) in [4.78, 5) is 11.6. The van der Waals surface area contributed by atoms with E-state index in [4.69, 9.17) is 0 Å². The third kappa shape index (κ3) is 0.875. The van der Waals surface area contributed by atoms with Gasteiger partial charge in [-0.25, -0.2) is 0 Å². The van der Waals surface area contributed by atoms with Crippen LogP contribution in [-0.2, 0) is 4.79 Å². The summed E-state index contributed by atoms with van der Waals surface area (Å²) in [6, 6.07) is 10.5. The number of ketones is 1. The number of carbonyl (C=O) groups is 1. The van der Waals surface area contributed by atoms with E-state index in [1.807, 2.05) is 6.07 Å². The van der Waals surface area contributed by atoms with Gasteiger partial charge in [0.15, 0.2) is 0 Å². The quantitative estimate of drug-likeness (QED) is 0.659. The molecular weight excluding hydrogens is 172 g/mol. The minimum atomic E-state index is 0.304. The summed E-state index contributed by atoms with van der Waals surface area (Å²) >= 11 is 0. The number of carbonyl (C=O) groups excluding carboxylic acids is 1. The Bertz CT molecular complexity index is 381. The van der Waals surface area contributed by atoms with Crippen LogP contribution in [-0.4, -0.2) is 5.78 Å². The van der Waals surface area contributed by atoms with E-state index in [1.165, 1.54) is 5.56 Å². The van der Waals surface area contributed by atoms with E-state index in [1.54, 1.807) is 0 Å². The molecule has 14 heavy (non-hydrogen) atoms. The first-order valence-electron chi connectivity index (χ1n) is 5.31. The molecule has 2 aliphatic rings.